The lowest BCUT2D eigenvalue weighted by molar-refractivity contribution is 0.400. The topological polar surface area (TPSA) is 32.5 Å². The first-order chi connectivity index (χ1) is 8.45. The third-order valence-corrected chi connectivity index (χ3v) is 3.43. The largest absolute Gasteiger partial charge is 0.397 e. The van der Waals surface area contributed by atoms with Crippen LogP contribution in [0.15, 0.2) is 16.6 Å². The van der Waals surface area contributed by atoms with Crippen LogP contribution in [0.4, 0.5) is 15.8 Å². The second-order valence-corrected chi connectivity index (χ2v) is 5.42. The zero-order valence-corrected chi connectivity index (χ0v) is 12.8. The summed E-state index contributed by atoms with van der Waals surface area (Å²) < 4.78 is 14.0. The molecule has 0 aliphatic carbocycles. The summed E-state index contributed by atoms with van der Waals surface area (Å²) in [7, 11) is 4.09. The van der Waals surface area contributed by atoms with Gasteiger partial charge in [0.2, 0.25) is 0 Å². The fourth-order valence-electron chi connectivity index (χ4n) is 1.85. The third kappa shape index (κ3) is 4.14. The Balaban J connectivity index is 2.78. The Bertz CT molecular complexity index is 396. The van der Waals surface area contributed by atoms with Crippen molar-refractivity contribution in [2.24, 2.45) is 0 Å². The smallest absolute Gasteiger partial charge is 0.139 e. The summed E-state index contributed by atoms with van der Waals surface area (Å²) in [5.41, 5.74) is 7.33. The van der Waals surface area contributed by atoms with E-state index in [0.29, 0.717) is 10.2 Å². The van der Waals surface area contributed by atoms with Crippen molar-refractivity contribution in [3.05, 3.63) is 22.4 Å². The quantitative estimate of drug-likeness (QED) is 0.819. The Morgan fingerprint density at radius 2 is 1.94 bits per heavy atom. The summed E-state index contributed by atoms with van der Waals surface area (Å²) in [6, 6.07) is 3.12. The van der Waals surface area contributed by atoms with Crippen LogP contribution in [0.25, 0.3) is 0 Å². The van der Waals surface area contributed by atoms with Crippen molar-refractivity contribution >= 4 is 27.3 Å². The van der Waals surface area contributed by atoms with Crippen molar-refractivity contribution in [1.29, 1.82) is 0 Å². The van der Waals surface area contributed by atoms with Gasteiger partial charge in [0.05, 0.1) is 15.8 Å². The Labute approximate surface area is 117 Å². The minimum atomic E-state index is -0.273. The highest BCUT2D eigenvalue weighted by Gasteiger charge is 2.11. The van der Waals surface area contributed by atoms with E-state index in [1.807, 2.05) is 14.1 Å². The number of anilines is 2. The summed E-state index contributed by atoms with van der Waals surface area (Å²) in [4.78, 5) is 4.24. The van der Waals surface area contributed by atoms with E-state index < -0.39 is 0 Å². The molecule has 0 amide bonds. The monoisotopic (exact) mass is 317 g/mol. The van der Waals surface area contributed by atoms with Gasteiger partial charge in [-0.1, -0.05) is 0 Å². The lowest BCUT2D eigenvalue weighted by Gasteiger charge is -2.25. The SMILES string of the molecule is CCN(CCCN(C)C)c1cc(F)c(Br)cc1N. The van der Waals surface area contributed by atoms with Gasteiger partial charge in [0, 0.05) is 19.2 Å². The number of hydrogen-bond acceptors (Lipinski definition) is 3. The molecular weight excluding hydrogens is 297 g/mol. The normalized spacial score (nSPS) is 11.0. The highest BCUT2D eigenvalue weighted by Crippen LogP contribution is 2.29. The molecule has 0 saturated carbocycles. The minimum absolute atomic E-state index is 0.273. The Kier molecular flexibility index (Phi) is 5.88. The number of rotatable bonds is 6. The van der Waals surface area contributed by atoms with E-state index in [1.165, 1.54) is 6.07 Å². The number of nitrogen functional groups attached to an aromatic ring is 1. The zero-order chi connectivity index (χ0) is 13.7. The molecule has 1 aromatic rings. The maximum Gasteiger partial charge on any atom is 0.139 e. The molecule has 0 fully saturated rings. The molecule has 3 nitrogen and oxygen atoms in total. The molecule has 2 N–H and O–H groups in total. The van der Waals surface area contributed by atoms with Gasteiger partial charge < -0.3 is 15.5 Å². The molecule has 1 rings (SSSR count). The zero-order valence-electron chi connectivity index (χ0n) is 11.2. The second kappa shape index (κ2) is 6.95. The van der Waals surface area contributed by atoms with Gasteiger partial charge >= 0.3 is 0 Å². The van der Waals surface area contributed by atoms with Crippen LogP contribution in [0.2, 0.25) is 0 Å². The molecule has 0 aliphatic heterocycles. The van der Waals surface area contributed by atoms with Crippen LogP contribution in [0.5, 0.6) is 0 Å². The van der Waals surface area contributed by atoms with E-state index in [2.05, 4.69) is 32.7 Å². The summed E-state index contributed by atoms with van der Waals surface area (Å²) in [5.74, 6) is -0.273. The van der Waals surface area contributed by atoms with Gasteiger partial charge in [-0.3, -0.25) is 0 Å². The van der Waals surface area contributed by atoms with Gasteiger partial charge in [-0.2, -0.15) is 0 Å². The maximum atomic E-state index is 13.6. The van der Waals surface area contributed by atoms with E-state index in [0.717, 1.165) is 31.7 Å². The number of halogens is 2. The van der Waals surface area contributed by atoms with Crippen molar-refractivity contribution < 1.29 is 4.39 Å². The summed E-state index contributed by atoms with van der Waals surface area (Å²) in [6.07, 6.45) is 1.03. The molecule has 18 heavy (non-hydrogen) atoms. The van der Waals surface area contributed by atoms with E-state index in [-0.39, 0.29) is 5.82 Å². The van der Waals surface area contributed by atoms with E-state index >= 15 is 0 Å². The van der Waals surface area contributed by atoms with Gasteiger partial charge in [-0.25, -0.2) is 4.39 Å². The molecule has 0 atom stereocenters. The van der Waals surface area contributed by atoms with Gasteiger partial charge in [0.1, 0.15) is 5.82 Å². The van der Waals surface area contributed by atoms with Crippen molar-refractivity contribution in [1.82, 2.24) is 4.90 Å². The Morgan fingerprint density at radius 3 is 2.50 bits per heavy atom. The van der Waals surface area contributed by atoms with Crippen LogP contribution in [0, 0.1) is 5.82 Å². The van der Waals surface area contributed by atoms with Crippen molar-refractivity contribution in [3.8, 4) is 0 Å². The highest BCUT2D eigenvalue weighted by molar-refractivity contribution is 9.10. The summed E-state index contributed by atoms with van der Waals surface area (Å²) >= 11 is 3.14. The molecule has 0 unspecified atom stereocenters. The minimum Gasteiger partial charge on any atom is -0.397 e. The summed E-state index contributed by atoms with van der Waals surface area (Å²) in [6.45, 7) is 4.75. The van der Waals surface area contributed by atoms with E-state index in [9.17, 15) is 4.39 Å². The third-order valence-electron chi connectivity index (χ3n) is 2.83. The molecule has 102 valence electrons. The molecule has 0 bridgehead atoms. The molecule has 0 aromatic heterocycles. The number of nitrogens with zero attached hydrogens (tertiary/aromatic N) is 2. The van der Waals surface area contributed by atoms with Crippen molar-refractivity contribution in [2.45, 2.75) is 13.3 Å². The Morgan fingerprint density at radius 1 is 1.28 bits per heavy atom. The van der Waals surface area contributed by atoms with Crippen LogP contribution in [-0.4, -0.2) is 38.6 Å². The van der Waals surface area contributed by atoms with E-state index in [4.69, 9.17) is 5.73 Å². The van der Waals surface area contributed by atoms with E-state index in [1.54, 1.807) is 6.07 Å². The molecular formula is C13H21BrFN3. The molecule has 0 saturated heterocycles. The van der Waals surface area contributed by atoms with Crippen molar-refractivity contribution in [3.63, 3.8) is 0 Å². The van der Waals surface area contributed by atoms with Gasteiger partial charge in [0.15, 0.2) is 0 Å². The predicted octanol–water partition coefficient (Wildman–Crippen LogP) is 2.95. The first-order valence-corrected chi connectivity index (χ1v) is 6.89. The first kappa shape index (κ1) is 15.2. The highest BCUT2D eigenvalue weighted by atomic mass is 79.9. The lowest BCUT2D eigenvalue weighted by atomic mass is 10.2. The fourth-order valence-corrected chi connectivity index (χ4v) is 2.21. The van der Waals surface area contributed by atoms with Crippen LogP contribution >= 0.6 is 15.9 Å². The molecule has 0 spiro atoms. The number of hydrogen-bond donors (Lipinski definition) is 1. The van der Waals surface area contributed by atoms with Gasteiger partial charge in [-0.15, -0.1) is 0 Å². The van der Waals surface area contributed by atoms with Gasteiger partial charge in [0.25, 0.3) is 0 Å². The average Bonchev–Trinajstić information content (AvgIpc) is 2.30. The number of nitrogens with two attached hydrogens (primary N) is 1. The molecule has 0 radical (unpaired) electrons. The van der Waals surface area contributed by atoms with Crippen LogP contribution in [-0.2, 0) is 0 Å². The lowest BCUT2D eigenvalue weighted by Crippen LogP contribution is -2.27. The standard InChI is InChI=1S/C13H21BrFN3/c1-4-18(7-5-6-17(2)3)13-9-11(15)10(14)8-12(13)16/h8-9H,4-7,16H2,1-3H3. The maximum absolute atomic E-state index is 13.6. The molecule has 1 aromatic carbocycles. The predicted molar refractivity (Wildman–Crippen MR) is 79.6 cm³/mol. The molecule has 5 heteroatoms. The number of benzene rings is 1. The summed E-state index contributed by atoms with van der Waals surface area (Å²) in [5, 5.41) is 0. The Hall–Kier alpha value is -0.810. The first-order valence-electron chi connectivity index (χ1n) is 6.10. The second-order valence-electron chi connectivity index (χ2n) is 4.56. The van der Waals surface area contributed by atoms with Gasteiger partial charge in [-0.05, 0) is 56.0 Å². The van der Waals surface area contributed by atoms with Crippen molar-refractivity contribution in [2.75, 3.05) is 44.4 Å². The molecule has 0 aliphatic rings. The average molecular weight is 318 g/mol. The molecule has 0 heterocycles. The fraction of sp³-hybridized carbons (Fsp3) is 0.538. The van der Waals surface area contributed by atoms with Crippen LogP contribution in [0.1, 0.15) is 13.3 Å². The van der Waals surface area contributed by atoms with Crippen LogP contribution in [0.3, 0.4) is 0 Å². The van der Waals surface area contributed by atoms with Crippen LogP contribution < -0.4 is 10.6 Å².